The van der Waals surface area contributed by atoms with Crippen molar-refractivity contribution in [2.75, 3.05) is 20.8 Å². The number of aromatic amines is 1. The maximum absolute atomic E-state index is 12.2. The standard InChI is InChI=1S/C17H22N4O3/c1-23-15-6-5-11(7-16(15)24-2)13-8-14(21-20-13)17(22)19-9-12(18)10-3-4-10/h5-8,10,12H,3-4,9,18H2,1-2H3,(H,19,22)(H,20,21). The molecular weight excluding hydrogens is 308 g/mol. The van der Waals surface area contributed by atoms with Crippen molar-refractivity contribution in [1.29, 1.82) is 0 Å². The number of carbonyl (C=O) groups is 1. The van der Waals surface area contributed by atoms with Crippen LogP contribution in [0.5, 0.6) is 11.5 Å². The van der Waals surface area contributed by atoms with E-state index in [9.17, 15) is 4.79 Å². The molecule has 7 nitrogen and oxygen atoms in total. The topological polar surface area (TPSA) is 102 Å². The van der Waals surface area contributed by atoms with Gasteiger partial charge in [0.15, 0.2) is 11.5 Å². The van der Waals surface area contributed by atoms with E-state index >= 15 is 0 Å². The first kappa shape index (κ1) is 16.3. The Kier molecular flexibility index (Phi) is 4.71. The molecule has 7 heteroatoms. The average molecular weight is 330 g/mol. The number of methoxy groups -OCH3 is 2. The molecule has 4 N–H and O–H groups in total. The van der Waals surface area contributed by atoms with Crippen molar-refractivity contribution in [3.05, 3.63) is 30.0 Å². The molecule has 0 spiro atoms. The Balaban J connectivity index is 1.69. The molecule has 1 aromatic heterocycles. The van der Waals surface area contributed by atoms with E-state index in [4.69, 9.17) is 15.2 Å². The van der Waals surface area contributed by atoms with Gasteiger partial charge in [-0.25, -0.2) is 0 Å². The van der Waals surface area contributed by atoms with E-state index in [2.05, 4.69) is 15.5 Å². The summed E-state index contributed by atoms with van der Waals surface area (Å²) >= 11 is 0. The number of hydrogen-bond acceptors (Lipinski definition) is 5. The van der Waals surface area contributed by atoms with Crippen molar-refractivity contribution in [3.63, 3.8) is 0 Å². The van der Waals surface area contributed by atoms with E-state index in [-0.39, 0.29) is 11.9 Å². The highest BCUT2D eigenvalue weighted by Gasteiger charge is 2.28. The first-order valence-corrected chi connectivity index (χ1v) is 7.94. The summed E-state index contributed by atoms with van der Waals surface area (Å²) < 4.78 is 10.5. The normalized spacial score (nSPS) is 15.0. The summed E-state index contributed by atoms with van der Waals surface area (Å²) in [6.45, 7) is 0.480. The number of nitrogens with zero attached hydrogens (tertiary/aromatic N) is 1. The lowest BCUT2D eigenvalue weighted by Gasteiger charge is -2.10. The minimum atomic E-state index is -0.203. The summed E-state index contributed by atoms with van der Waals surface area (Å²) in [4.78, 5) is 12.2. The number of nitrogens with two attached hydrogens (primary N) is 1. The van der Waals surface area contributed by atoms with E-state index in [1.807, 2.05) is 12.1 Å². The summed E-state index contributed by atoms with van der Waals surface area (Å²) in [5, 5.41) is 9.81. The number of benzene rings is 1. The van der Waals surface area contributed by atoms with Gasteiger partial charge in [0, 0.05) is 18.2 Å². The first-order valence-electron chi connectivity index (χ1n) is 7.94. The third-order valence-electron chi connectivity index (χ3n) is 4.23. The first-order chi connectivity index (χ1) is 11.6. The average Bonchev–Trinajstić information content (AvgIpc) is 3.35. The number of carbonyl (C=O) groups excluding carboxylic acids is 1. The van der Waals surface area contributed by atoms with Crippen LogP contribution in [0.4, 0.5) is 0 Å². The molecule has 1 aliphatic rings. The zero-order valence-electron chi connectivity index (χ0n) is 13.8. The molecule has 0 bridgehead atoms. The molecule has 1 atom stereocenters. The van der Waals surface area contributed by atoms with E-state index in [1.165, 1.54) is 0 Å². The van der Waals surface area contributed by atoms with E-state index in [0.29, 0.717) is 35.3 Å². The molecule has 1 unspecified atom stereocenters. The molecular formula is C17H22N4O3. The van der Waals surface area contributed by atoms with Crippen LogP contribution in [0.3, 0.4) is 0 Å². The molecule has 24 heavy (non-hydrogen) atoms. The number of amides is 1. The zero-order chi connectivity index (χ0) is 17.1. The molecule has 3 rings (SSSR count). The van der Waals surface area contributed by atoms with Crippen LogP contribution in [-0.2, 0) is 0 Å². The van der Waals surface area contributed by atoms with E-state index in [0.717, 1.165) is 18.4 Å². The second kappa shape index (κ2) is 6.92. The Hall–Kier alpha value is -2.54. The third-order valence-corrected chi connectivity index (χ3v) is 4.23. The Labute approximate surface area is 140 Å². The monoisotopic (exact) mass is 330 g/mol. The summed E-state index contributed by atoms with van der Waals surface area (Å²) in [5.74, 6) is 1.60. The lowest BCUT2D eigenvalue weighted by molar-refractivity contribution is 0.0945. The molecule has 0 aliphatic heterocycles. The van der Waals surface area contributed by atoms with Crippen molar-refractivity contribution in [3.8, 4) is 22.8 Å². The Morgan fingerprint density at radius 3 is 2.75 bits per heavy atom. The summed E-state index contributed by atoms with van der Waals surface area (Å²) in [7, 11) is 3.16. The maximum atomic E-state index is 12.2. The minimum Gasteiger partial charge on any atom is -0.493 e. The Morgan fingerprint density at radius 2 is 2.08 bits per heavy atom. The Bertz CT molecular complexity index is 724. The molecule has 1 saturated carbocycles. The van der Waals surface area contributed by atoms with Crippen molar-refractivity contribution in [2.24, 2.45) is 11.7 Å². The summed E-state index contributed by atoms with van der Waals surface area (Å²) in [6, 6.07) is 7.22. The minimum absolute atomic E-state index is 0.0298. The second-order valence-electron chi connectivity index (χ2n) is 5.95. The van der Waals surface area contributed by atoms with Gasteiger partial charge < -0.3 is 20.5 Å². The summed E-state index contributed by atoms with van der Waals surface area (Å²) in [6.07, 6.45) is 2.31. The molecule has 1 fully saturated rings. The molecule has 0 radical (unpaired) electrons. The van der Waals surface area contributed by atoms with Gasteiger partial charge in [-0.2, -0.15) is 5.10 Å². The Morgan fingerprint density at radius 1 is 1.33 bits per heavy atom. The lowest BCUT2D eigenvalue weighted by atomic mass is 10.1. The predicted octanol–water partition coefficient (Wildman–Crippen LogP) is 1.56. The fourth-order valence-electron chi connectivity index (χ4n) is 2.58. The number of hydrogen-bond donors (Lipinski definition) is 3. The van der Waals surface area contributed by atoms with Crippen LogP contribution >= 0.6 is 0 Å². The van der Waals surface area contributed by atoms with Gasteiger partial charge in [-0.15, -0.1) is 0 Å². The van der Waals surface area contributed by atoms with Crippen LogP contribution in [0, 0.1) is 5.92 Å². The fourth-order valence-corrected chi connectivity index (χ4v) is 2.58. The molecule has 1 aromatic carbocycles. The van der Waals surface area contributed by atoms with E-state index < -0.39 is 0 Å². The fraction of sp³-hybridized carbons (Fsp3) is 0.412. The van der Waals surface area contributed by atoms with Gasteiger partial charge in [-0.3, -0.25) is 9.89 Å². The van der Waals surface area contributed by atoms with Crippen LogP contribution < -0.4 is 20.5 Å². The highest BCUT2D eigenvalue weighted by molar-refractivity contribution is 5.93. The number of ether oxygens (including phenoxy) is 2. The van der Waals surface area contributed by atoms with Crippen molar-refractivity contribution < 1.29 is 14.3 Å². The third kappa shape index (κ3) is 3.51. The van der Waals surface area contributed by atoms with Crippen LogP contribution in [-0.4, -0.2) is 42.9 Å². The molecule has 128 valence electrons. The predicted molar refractivity (Wildman–Crippen MR) is 90.2 cm³/mol. The molecule has 0 saturated heterocycles. The van der Waals surface area contributed by atoms with Crippen molar-refractivity contribution in [1.82, 2.24) is 15.5 Å². The molecule has 1 aliphatic carbocycles. The van der Waals surface area contributed by atoms with Crippen LogP contribution in [0.2, 0.25) is 0 Å². The van der Waals surface area contributed by atoms with Gasteiger partial charge in [0.25, 0.3) is 5.91 Å². The quantitative estimate of drug-likeness (QED) is 0.715. The van der Waals surface area contributed by atoms with Crippen molar-refractivity contribution in [2.45, 2.75) is 18.9 Å². The van der Waals surface area contributed by atoms with Crippen LogP contribution in [0.1, 0.15) is 23.3 Å². The van der Waals surface area contributed by atoms with Crippen molar-refractivity contribution >= 4 is 5.91 Å². The van der Waals surface area contributed by atoms with Gasteiger partial charge in [0.05, 0.1) is 19.9 Å². The van der Waals surface area contributed by atoms with E-state index in [1.54, 1.807) is 26.4 Å². The summed E-state index contributed by atoms with van der Waals surface area (Å²) in [5.41, 5.74) is 7.89. The van der Waals surface area contributed by atoms with Gasteiger partial charge in [0.2, 0.25) is 0 Å². The smallest absolute Gasteiger partial charge is 0.269 e. The van der Waals surface area contributed by atoms with Gasteiger partial charge in [-0.1, -0.05) is 0 Å². The highest BCUT2D eigenvalue weighted by atomic mass is 16.5. The second-order valence-corrected chi connectivity index (χ2v) is 5.95. The van der Waals surface area contributed by atoms with Gasteiger partial charge >= 0.3 is 0 Å². The van der Waals surface area contributed by atoms with Crippen LogP contribution in [0.15, 0.2) is 24.3 Å². The SMILES string of the molecule is COc1ccc(-c2cc(C(=O)NCC(N)C3CC3)[nH]n2)cc1OC. The maximum Gasteiger partial charge on any atom is 0.269 e. The largest absolute Gasteiger partial charge is 0.493 e. The molecule has 1 heterocycles. The zero-order valence-corrected chi connectivity index (χ0v) is 13.8. The number of nitrogens with one attached hydrogen (secondary N) is 2. The van der Waals surface area contributed by atoms with Gasteiger partial charge in [0.1, 0.15) is 5.69 Å². The molecule has 2 aromatic rings. The van der Waals surface area contributed by atoms with Crippen LogP contribution in [0.25, 0.3) is 11.3 Å². The number of aromatic nitrogens is 2. The number of H-pyrrole nitrogens is 1. The lowest BCUT2D eigenvalue weighted by Crippen LogP contribution is -2.38. The number of rotatable bonds is 7. The highest BCUT2D eigenvalue weighted by Crippen LogP contribution is 2.32. The molecule has 1 amide bonds. The van der Waals surface area contributed by atoms with Gasteiger partial charge in [-0.05, 0) is 43.0 Å².